The number of nitrogens with one attached hydrogen (secondary N) is 2. The molecule has 2 rings (SSSR count). The minimum absolute atomic E-state index is 0.0192. The molecule has 0 fully saturated rings. The van der Waals surface area contributed by atoms with E-state index in [1.807, 2.05) is 25.1 Å². The molecule has 1 amide bonds. The number of sulfone groups is 1. The van der Waals surface area contributed by atoms with Crippen molar-refractivity contribution < 1.29 is 22.0 Å². The van der Waals surface area contributed by atoms with Gasteiger partial charge in [-0.05, 0) is 48.1 Å². The number of aryl methyl sites for hydroxylation is 1. The summed E-state index contributed by atoms with van der Waals surface area (Å²) in [5.41, 5.74) is 2.28. The van der Waals surface area contributed by atoms with Crippen molar-refractivity contribution in [1.82, 2.24) is 10.6 Å². The molecule has 0 aromatic heterocycles. The van der Waals surface area contributed by atoms with Crippen molar-refractivity contribution in [1.29, 1.82) is 0 Å². The van der Waals surface area contributed by atoms with Crippen LogP contribution in [0.15, 0.2) is 42.5 Å². The quantitative estimate of drug-likeness (QED) is 0.421. The van der Waals surface area contributed by atoms with Crippen LogP contribution < -0.4 is 10.6 Å². The first-order chi connectivity index (χ1) is 15.7. The summed E-state index contributed by atoms with van der Waals surface area (Å²) in [7, 11) is -3.82. The Morgan fingerprint density at radius 2 is 1.73 bits per heavy atom. The van der Waals surface area contributed by atoms with Gasteiger partial charge < -0.3 is 10.6 Å². The average Bonchev–Trinajstić information content (AvgIpc) is 2.74. The summed E-state index contributed by atoms with van der Waals surface area (Å²) in [5, 5.41) is 4.59. The molecule has 181 valence electrons. The summed E-state index contributed by atoms with van der Waals surface area (Å²) in [6.45, 7) is 6.07. The highest BCUT2D eigenvalue weighted by Gasteiger charge is 2.35. The summed E-state index contributed by atoms with van der Waals surface area (Å²) < 4.78 is 54.4. The molecule has 0 aliphatic rings. The van der Waals surface area contributed by atoms with Crippen LogP contribution in [-0.4, -0.2) is 32.7 Å². The van der Waals surface area contributed by atoms with Gasteiger partial charge in [0.25, 0.3) is 0 Å². The standard InChI is InChI=1S/C25H33F2N2O3S/c1-4-6-12-33(31,32)25(21-14-22(26)16-23(27)15-21)24(29-18(3)30)10-11-28-17-20-9-7-8-19(5-2)13-20/h7-10,13-16,24-25,28H,4-6,11-12,17H2,1-3H3,(H,29,30)/t24-,25?/m0/s1. The molecule has 5 nitrogen and oxygen atoms in total. The first-order valence-corrected chi connectivity index (χ1v) is 12.9. The molecule has 33 heavy (non-hydrogen) atoms. The zero-order valence-electron chi connectivity index (χ0n) is 19.4. The van der Waals surface area contributed by atoms with Crippen LogP contribution in [0.1, 0.15) is 55.6 Å². The molecule has 0 saturated carbocycles. The third-order valence-electron chi connectivity index (χ3n) is 5.32. The molecule has 8 heteroatoms. The van der Waals surface area contributed by atoms with Crippen molar-refractivity contribution in [2.24, 2.45) is 0 Å². The Hall–Kier alpha value is -2.32. The number of amides is 1. The van der Waals surface area contributed by atoms with Gasteiger partial charge in [0.05, 0.1) is 11.8 Å². The van der Waals surface area contributed by atoms with Crippen molar-refractivity contribution in [3.8, 4) is 0 Å². The van der Waals surface area contributed by atoms with E-state index in [1.54, 1.807) is 6.42 Å². The van der Waals surface area contributed by atoms with Crippen molar-refractivity contribution in [2.45, 2.75) is 57.9 Å². The predicted octanol–water partition coefficient (Wildman–Crippen LogP) is 4.28. The zero-order chi connectivity index (χ0) is 24.4. The predicted molar refractivity (Wildman–Crippen MR) is 127 cm³/mol. The van der Waals surface area contributed by atoms with E-state index < -0.39 is 38.7 Å². The number of benzene rings is 2. The number of carbonyl (C=O) groups excluding carboxylic acids is 1. The second kappa shape index (κ2) is 12.8. The fraction of sp³-hybridized carbons (Fsp3) is 0.440. The lowest BCUT2D eigenvalue weighted by Crippen LogP contribution is -2.44. The highest BCUT2D eigenvalue weighted by molar-refractivity contribution is 7.91. The lowest BCUT2D eigenvalue weighted by atomic mass is 10.0. The van der Waals surface area contributed by atoms with E-state index in [9.17, 15) is 22.0 Å². The van der Waals surface area contributed by atoms with Crippen LogP contribution in [0.4, 0.5) is 8.78 Å². The van der Waals surface area contributed by atoms with Crippen molar-refractivity contribution in [2.75, 3.05) is 12.3 Å². The van der Waals surface area contributed by atoms with Crippen LogP contribution in [0.3, 0.4) is 0 Å². The van der Waals surface area contributed by atoms with Crippen LogP contribution in [0.2, 0.25) is 0 Å². The van der Waals surface area contributed by atoms with Gasteiger partial charge in [-0.2, -0.15) is 0 Å². The monoisotopic (exact) mass is 479 g/mol. The fourth-order valence-electron chi connectivity index (χ4n) is 3.73. The first-order valence-electron chi connectivity index (χ1n) is 11.2. The van der Waals surface area contributed by atoms with Gasteiger partial charge in [-0.1, -0.05) is 44.5 Å². The van der Waals surface area contributed by atoms with Gasteiger partial charge in [0.2, 0.25) is 5.91 Å². The second-order valence-corrected chi connectivity index (χ2v) is 10.4. The Labute approximate surface area is 195 Å². The minimum atomic E-state index is -3.82. The molecule has 0 aliphatic carbocycles. The van der Waals surface area contributed by atoms with Crippen LogP contribution in [0.5, 0.6) is 0 Å². The van der Waals surface area contributed by atoms with Gasteiger partial charge in [0, 0.05) is 26.1 Å². The van der Waals surface area contributed by atoms with E-state index in [1.165, 1.54) is 12.5 Å². The molecule has 1 unspecified atom stereocenters. The molecular formula is C25H33F2N2O3S. The number of carbonyl (C=O) groups is 1. The molecular weight excluding hydrogens is 446 g/mol. The van der Waals surface area contributed by atoms with E-state index in [0.29, 0.717) is 32.0 Å². The second-order valence-electron chi connectivity index (χ2n) is 8.11. The summed E-state index contributed by atoms with van der Waals surface area (Å²) in [5.74, 6) is -2.31. The number of hydrogen-bond acceptors (Lipinski definition) is 4. The maximum Gasteiger partial charge on any atom is 0.217 e. The van der Waals surface area contributed by atoms with Crippen LogP contribution >= 0.6 is 0 Å². The third-order valence-corrected chi connectivity index (χ3v) is 7.52. The highest BCUT2D eigenvalue weighted by Crippen LogP contribution is 2.30. The third kappa shape index (κ3) is 8.51. The first kappa shape index (κ1) is 26.9. The molecule has 2 aromatic rings. The number of rotatable bonds is 13. The summed E-state index contributed by atoms with van der Waals surface area (Å²) >= 11 is 0. The van der Waals surface area contributed by atoms with E-state index >= 15 is 0 Å². The summed E-state index contributed by atoms with van der Waals surface area (Å²) in [4.78, 5) is 11.9. The van der Waals surface area contributed by atoms with Gasteiger partial charge in [0.15, 0.2) is 9.84 Å². The topological polar surface area (TPSA) is 75.3 Å². The molecule has 0 spiro atoms. The number of unbranched alkanes of at least 4 members (excludes halogenated alkanes) is 1. The molecule has 0 aliphatic heterocycles. The number of halogens is 2. The average molecular weight is 480 g/mol. The Morgan fingerprint density at radius 3 is 2.33 bits per heavy atom. The maximum atomic E-state index is 14.0. The lowest BCUT2D eigenvalue weighted by molar-refractivity contribution is -0.119. The molecule has 2 aromatic carbocycles. The van der Waals surface area contributed by atoms with Crippen molar-refractivity contribution >= 4 is 15.7 Å². The van der Waals surface area contributed by atoms with E-state index in [-0.39, 0.29) is 11.3 Å². The fourth-order valence-corrected chi connectivity index (χ4v) is 5.85. The molecule has 1 radical (unpaired) electrons. The van der Waals surface area contributed by atoms with Gasteiger partial charge in [-0.3, -0.25) is 4.79 Å². The van der Waals surface area contributed by atoms with E-state index in [2.05, 4.69) is 23.6 Å². The van der Waals surface area contributed by atoms with Gasteiger partial charge >= 0.3 is 0 Å². The molecule has 0 bridgehead atoms. The zero-order valence-corrected chi connectivity index (χ0v) is 20.2. The molecule has 0 heterocycles. The number of hydrogen-bond donors (Lipinski definition) is 2. The maximum absolute atomic E-state index is 14.0. The molecule has 2 atom stereocenters. The van der Waals surface area contributed by atoms with Crippen molar-refractivity contribution in [3.05, 3.63) is 77.2 Å². The van der Waals surface area contributed by atoms with Gasteiger partial charge in [-0.25, -0.2) is 17.2 Å². The Bertz CT molecular complexity index is 1010. The van der Waals surface area contributed by atoms with Crippen LogP contribution in [0.25, 0.3) is 0 Å². The summed E-state index contributed by atoms with van der Waals surface area (Å²) in [6, 6.07) is 9.88. The normalized spacial score (nSPS) is 13.5. The smallest absolute Gasteiger partial charge is 0.217 e. The molecule has 0 saturated heterocycles. The van der Waals surface area contributed by atoms with E-state index in [0.717, 1.165) is 24.1 Å². The summed E-state index contributed by atoms with van der Waals surface area (Å²) in [6.07, 6.45) is 3.62. The Balaban J connectivity index is 2.26. The van der Waals surface area contributed by atoms with Crippen LogP contribution in [0, 0.1) is 18.1 Å². The van der Waals surface area contributed by atoms with Crippen molar-refractivity contribution in [3.63, 3.8) is 0 Å². The highest BCUT2D eigenvalue weighted by atomic mass is 32.2. The Morgan fingerprint density at radius 1 is 1.06 bits per heavy atom. The SMILES string of the molecule is CCCCS(=O)(=O)C(c1cc(F)cc(F)c1)[C@H]([CH]CNCc1cccc(CC)c1)NC(C)=O. The van der Waals surface area contributed by atoms with Gasteiger partial charge in [-0.15, -0.1) is 0 Å². The lowest BCUT2D eigenvalue weighted by Gasteiger charge is -2.28. The van der Waals surface area contributed by atoms with E-state index in [4.69, 9.17) is 0 Å². The van der Waals surface area contributed by atoms with Crippen LogP contribution in [-0.2, 0) is 27.6 Å². The molecule has 2 N–H and O–H groups in total. The largest absolute Gasteiger partial charge is 0.352 e. The van der Waals surface area contributed by atoms with Gasteiger partial charge in [0.1, 0.15) is 16.9 Å². The minimum Gasteiger partial charge on any atom is -0.352 e. The Kier molecular flexibility index (Phi) is 10.4.